The van der Waals surface area contributed by atoms with Gasteiger partial charge in [-0.1, -0.05) is 12.1 Å². The number of carbonyl (C=O) groups excluding carboxylic acids is 1. The number of rotatable bonds is 3. The Morgan fingerprint density at radius 2 is 1.84 bits per heavy atom. The molecule has 5 nitrogen and oxygen atoms in total. The van der Waals surface area contributed by atoms with Crippen molar-refractivity contribution < 1.29 is 4.79 Å². The SMILES string of the molecule is Cc1ccc(N2CCCC(C(=O)N3CCCCC3)C2)cc1-c1nc2ccccn2c1C. The van der Waals surface area contributed by atoms with Crippen molar-refractivity contribution in [3.63, 3.8) is 0 Å². The maximum absolute atomic E-state index is 13.1. The molecule has 1 amide bonds. The zero-order valence-electron chi connectivity index (χ0n) is 18.7. The molecular weight excluding hydrogens is 384 g/mol. The summed E-state index contributed by atoms with van der Waals surface area (Å²) in [5.41, 5.74) is 6.80. The number of pyridine rings is 1. The van der Waals surface area contributed by atoms with E-state index in [0.717, 1.165) is 68.9 Å². The Kier molecular flexibility index (Phi) is 5.43. The van der Waals surface area contributed by atoms with E-state index in [1.54, 1.807) is 0 Å². The van der Waals surface area contributed by atoms with Crippen molar-refractivity contribution in [3.05, 3.63) is 53.9 Å². The van der Waals surface area contributed by atoms with Crippen LogP contribution in [0.1, 0.15) is 43.4 Å². The topological polar surface area (TPSA) is 40.9 Å². The lowest BCUT2D eigenvalue weighted by Gasteiger charge is -2.37. The first-order valence-electron chi connectivity index (χ1n) is 11.7. The van der Waals surface area contributed by atoms with Crippen molar-refractivity contribution in [1.82, 2.24) is 14.3 Å². The summed E-state index contributed by atoms with van der Waals surface area (Å²) in [4.78, 5) is 22.5. The van der Waals surface area contributed by atoms with Crippen LogP contribution in [0.2, 0.25) is 0 Å². The van der Waals surface area contributed by atoms with E-state index in [0.29, 0.717) is 5.91 Å². The zero-order valence-corrected chi connectivity index (χ0v) is 18.7. The van der Waals surface area contributed by atoms with Crippen LogP contribution in [0.4, 0.5) is 5.69 Å². The van der Waals surface area contributed by atoms with Crippen LogP contribution in [0, 0.1) is 19.8 Å². The molecule has 2 saturated heterocycles. The Morgan fingerprint density at radius 1 is 1.00 bits per heavy atom. The van der Waals surface area contributed by atoms with Crippen LogP contribution in [0.15, 0.2) is 42.6 Å². The average Bonchev–Trinajstić information content (AvgIpc) is 3.16. The van der Waals surface area contributed by atoms with E-state index in [9.17, 15) is 4.79 Å². The van der Waals surface area contributed by atoms with Gasteiger partial charge in [-0.05, 0) is 75.8 Å². The number of aromatic nitrogens is 2. The molecule has 1 aromatic carbocycles. The fourth-order valence-electron chi connectivity index (χ4n) is 5.22. The predicted molar refractivity (Wildman–Crippen MR) is 125 cm³/mol. The molecule has 0 aliphatic carbocycles. The number of fused-ring (bicyclic) bond motifs is 1. The van der Waals surface area contributed by atoms with Gasteiger partial charge in [0.25, 0.3) is 0 Å². The number of likely N-dealkylation sites (tertiary alicyclic amines) is 1. The number of aryl methyl sites for hydroxylation is 2. The Bertz CT molecular complexity index is 1100. The lowest BCUT2D eigenvalue weighted by molar-refractivity contribution is -0.136. The molecule has 0 saturated carbocycles. The molecule has 3 aromatic rings. The van der Waals surface area contributed by atoms with Gasteiger partial charge in [-0.25, -0.2) is 4.98 Å². The lowest BCUT2D eigenvalue weighted by Crippen LogP contribution is -2.46. The largest absolute Gasteiger partial charge is 0.371 e. The molecule has 0 spiro atoms. The van der Waals surface area contributed by atoms with Crippen molar-refractivity contribution in [2.24, 2.45) is 5.92 Å². The van der Waals surface area contributed by atoms with Crippen molar-refractivity contribution in [1.29, 1.82) is 0 Å². The number of nitrogens with zero attached hydrogens (tertiary/aromatic N) is 4. The van der Waals surface area contributed by atoms with Gasteiger partial charge in [0.1, 0.15) is 5.65 Å². The van der Waals surface area contributed by atoms with Gasteiger partial charge < -0.3 is 14.2 Å². The molecule has 5 heteroatoms. The van der Waals surface area contributed by atoms with Crippen molar-refractivity contribution >= 4 is 17.2 Å². The number of anilines is 1. The third kappa shape index (κ3) is 3.82. The maximum Gasteiger partial charge on any atom is 0.227 e. The van der Waals surface area contributed by atoms with Gasteiger partial charge in [-0.15, -0.1) is 0 Å². The minimum Gasteiger partial charge on any atom is -0.371 e. The molecule has 162 valence electrons. The van der Waals surface area contributed by atoms with Gasteiger partial charge in [0.15, 0.2) is 0 Å². The van der Waals surface area contributed by atoms with Crippen LogP contribution in [0.5, 0.6) is 0 Å². The Balaban J connectivity index is 1.41. The highest BCUT2D eigenvalue weighted by molar-refractivity contribution is 5.80. The molecule has 2 fully saturated rings. The summed E-state index contributed by atoms with van der Waals surface area (Å²) in [6.07, 6.45) is 7.72. The fraction of sp³-hybridized carbons (Fsp3) is 0.462. The monoisotopic (exact) mass is 416 g/mol. The second kappa shape index (κ2) is 8.37. The van der Waals surface area contributed by atoms with E-state index in [-0.39, 0.29) is 5.92 Å². The number of imidazole rings is 1. The number of carbonyl (C=O) groups is 1. The molecule has 1 atom stereocenters. The summed E-state index contributed by atoms with van der Waals surface area (Å²) in [6, 6.07) is 12.8. The molecule has 0 radical (unpaired) electrons. The smallest absolute Gasteiger partial charge is 0.227 e. The minimum atomic E-state index is 0.119. The normalized spacial score (nSPS) is 19.7. The first-order valence-corrected chi connectivity index (χ1v) is 11.7. The van der Waals surface area contributed by atoms with Gasteiger partial charge in [0.05, 0.1) is 11.6 Å². The number of amides is 1. The van der Waals surface area contributed by atoms with Gasteiger partial charge in [-0.3, -0.25) is 4.79 Å². The van der Waals surface area contributed by atoms with Crippen LogP contribution in [-0.2, 0) is 4.79 Å². The highest BCUT2D eigenvalue weighted by Crippen LogP contribution is 2.32. The number of piperidine rings is 2. The molecule has 5 rings (SSSR count). The number of hydrogen-bond donors (Lipinski definition) is 0. The predicted octanol–water partition coefficient (Wildman–Crippen LogP) is 4.85. The standard InChI is InChI=1S/C26H32N4O/c1-19-11-12-22(17-23(19)25-20(2)30-16-7-4-10-24(30)27-25)29-15-8-9-21(18-29)26(31)28-13-5-3-6-14-28/h4,7,10-12,16-17,21H,3,5-6,8-9,13-15,18H2,1-2H3. The van der Waals surface area contributed by atoms with E-state index in [1.165, 1.54) is 23.2 Å². The van der Waals surface area contributed by atoms with Crippen LogP contribution in [0.3, 0.4) is 0 Å². The average molecular weight is 417 g/mol. The van der Waals surface area contributed by atoms with E-state index >= 15 is 0 Å². The van der Waals surface area contributed by atoms with E-state index in [1.807, 2.05) is 12.1 Å². The summed E-state index contributed by atoms with van der Waals surface area (Å²) in [5.74, 6) is 0.487. The van der Waals surface area contributed by atoms with Gasteiger partial charge in [0, 0.05) is 49.3 Å². The van der Waals surface area contributed by atoms with Gasteiger partial charge >= 0.3 is 0 Å². The second-order valence-electron chi connectivity index (χ2n) is 9.14. The molecular formula is C26H32N4O. The highest BCUT2D eigenvalue weighted by Gasteiger charge is 2.30. The van der Waals surface area contributed by atoms with Crippen molar-refractivity contribution in [2.45, 2.75) is 46.0 Å². The molecule has 4 heterocycles. The number of benzene rings is 1. The Hall–Kier alpha value is -2.82. The maximum atomic E-state index is 13.1. The third-order valence-electron chi connectivity index (χ3n) is 7.05. The van der Waals surface area contributed by atoms with E-state index in [2.05, 4.69) is 58.5 Å². The molecule has 2 aliphatic heterocycles. The Labute approximate surface area is 184 Å². The summed E-state index contributed by atoms with van der Waals surface area (Å²) < 4.78 is 2.15. The van der Waals surface area contributed by atoms with Crippen LogP contribution in [0.25, 0.3) is 16.9 Å². The first kappa shape index (κ1) is 20.1. The van der Waals surface area contributed by atoms with Crippen molar-refractivity contribution in [2.75, 3.05) is 31.1 Å². The van der Waals surface area contributed by atoms with Gasteiger partial charge in [-0.2, -0.15) is 0 Å². The van der Waals surface area contributed by atoms with Crippen LogP contribution >= 0.6 is 0 Å². The molecule has 2 aromatic heterocycles. The fourth-order valence-corrected chi connectivity index (χ4v) is 5.22. The summed E-state index contributed by atoms with van der Waals surface area (Å²) in [7, 11) is 0. The summed E-state index contributed by atoms with van der Waals surface area (Å²) in [6.45, 7) is 8.00. The molecule has 0 bridgehead atoms. The van der Waals surface area contributed by atoms with Gasteiger partial charge in [0.2, 0.25) is 5.91 Å². The van der Waals surface area contributed by atoms with Crippen LogP contribution < -0.4 is 4.90 Å². The highest BCUT2D eigenvalue weighted by atomic mass is 16.2. The van der Waals surface area contributed by atoms with E-state index < -0.39 is 0 Å². The molecule has 31 heavy (non-hydrogen) atoms. The quantitative estimate of drug-likeness (QED) is 0.613. The first-order chi connectivity index (χ1) is 15.1. The Morgan fingerprint density at radius 3 is 2.65 bits per heavy atom. The molecule has 1 unspecified atom stereocenters. The second-order valence-corrected chi connectivity index (χ2v) is 9.14. The molecule has 2 aliphatic rings. The lowest BCUT2D eigenvalue weighted by atomic mass is 9.94. The minimum absolute atomic E-state index is 0.119. The molecule has 0 N–H and O–H groups in total. The number of hydrogen-bond acceptors (Lipinski definition) is 3. The van der Waals surface area contributed by atoms with Crippen molar-refractivity contribution in [3.8, 4) is 11.3 Å². The van der Waals surface area contributed by atoms with Crippen LogP contribution in [-0.4, -0.2) is 46.4 Å². The summed E-state index contributed by atoms with van der Waals surface area (Å²) in [5, 5.41) is 0. The third-order valence-corrected chi connectivity index (χ3v) is 7.05. The zero-order chi connectivity index (χ0) is 21.4. The van der Waals surface area contributed by atoms with E-state index in [4.69, 9.17) is 4.98 Å². The summed E-state index contributed by atoms with van der Waals surface area (Å²) >= 11 is 0.